The zero-order chi connectivity index (χ0) is 26.9. The number of anilines is 1. The first-order valence-corrected chi connectivity index (χ1v) is 12.9. The molecule has 39 heavy (non-hydrogen) atoms. The highest BCUT2D eigenvalue weighted by atomic mass is 19.1. The number of benzene rings is 2. The van der Waals surface area contributed by atoms with E-state index in [2.05, 4.69) is 25.3 Å². The summed E-state index contributed by atoms with van der Waals surface area (Å²) in [5.41, 5.74) is 4.93. The molecule has 3 aromatic heterocycles. The largest absolute Gasteiger partial charge is 0.325 e. The van der Waals surface area contributed by atoms with Crippen molar-refractivity contribution >= 4 is 22.8 Å². The molecule has 0 spiro atoms. The van der Waals surface area contributed by atoms with Crippen LogP contribution in [0.15, 0.2) is 67.4 Å². The Morgan fingerprint density at radius 3 is 2.56 bits per heavy atom. The molecule has 1 amide bonds. The van der Waals surface area contributed by atoms with E-state index < -0.39 is 11.6 Å². The molecule has 0 unspecified atom stereocenters. The maximum Gasteiger partial charge on any atom is 0.238 e. The number of aryl methyl sites for hydroxylation is 1. The van der Waals surface area contributed by atoms with Gasteiger partial charge in [0, 0.05) is 47.9 Å². The Morgan fingerprint density at radius 2 is 1.79 bits per heavy atom. The van der Waals surface area contributed by atoms with Gasteiger partial charge in [-0.2, -0.15) is 5.10 Å². The lowest BCUT2D eigenvalue weighted by Crippen LogP contribution is -2.36. The van der Waals surface area contributed by atoms with Crippen molar-refractivity contribution in [2.24, 2.45) is 7.05 Å². The van der Waals surface area contributed by atoms with Gasteiger partial charge in [-0.3, -0.25) is 18.9 Å². The lowest BCUT2D eigenvalue weighted by molar-refractivity contribution is -0.117. The summed E-state index contributed by atoms with van der Waals surface area (Å²) in [5, 5.41) is 7.19. The maximum atomic E-state index is 14.8. The SMILES string of the molecule is Cn1cc(-c2cnc3c(c2)ncn3-c2cc(NC(=O)CN3CCCCC3)cc(-c3ccc(F)cc3F)c2)cn1. The van der Waals surface area contributed by atoms with Gasteiger partial charge in [-0.25, -0.2) is 18.7 Å². The summed E-state index contributed by atoms with van der Waals surface area (Å²) in [6.45, 7) is 2.08. The number of hydrogen-bond acceptors (Lipinski definition) is 5. The quantitative estimate of drug-likeness (QED) is 0.329. The zero-order valence-corrected chi connectivity index (χ0v) is 21.4. The van der Waals surface area contributed by atoms with Crippen LogP contribution in [-0.2, 0) is 11.8 Å². The van der Waals surface area contributed by atoms with Crippen molar-refractivity contribution < 1.29 is 13.6 Å². The summed E-state index contributed by atoms with van der Waals surface area (Å²) in [5.74, 6) is -1.49. The third kappa shape index (κ3) is 5.28. The van der Waals surface area contributed by atoms with Crippen molar-refractivity contribution in [3.8, 4) is 27.9 Å². The summed E-state index contributed by atoms with van der Waals surface area (Å²) >= 11 is 0. The molecule has 1 saturated heterocycles. The van der Waals surface area contributed by atoms with Gasteiger partial charge >= 0.3 is 0 Å². The van der Waals surface area contributed by atoms with E-state index in [9.17, 15) is 13.6 Å². The van der Waals surface area contributed by atoms with Gasteiger partial charge in [-0.1, -0.05) is 6.42 Å². The van der Waals surface area contributed by atoms with Crippen LogP contribution < -0.4 is 5.32 Å². The van der Waals surface area contributed by atoms with Gasteiger partial charge in [-0.15, -0.1) is 0 Å². The summed E-state index contributed by atoms with van der Waals surface area (Å²) in [4.78, 5) is 24.2. The molecule has 0 bridgehead atoms. The van der Waals surface area contributed by atoms with Crippen LogP contribution in [0.25, 0.3) is 39.1 Å². The van der Waals surface area contributed by atoms with Crippen LogP contribution >= 0.6 is 0 Å². The van der Waals surface area contributed by atoms with Crippen LogP contribution in [0.3, 0.4) is 0 Å². The number of rotatable bonds is 6. The van der Waals surface area contributed by atoms with Crippen molar-refractivity contribution in [3.63, 3.8) is 0 Å². The molecular formula is C29H27F2N7O. The molecule has 0 saturated carbocycles. The van der Waals surface area contributed by atoms with Crippen molar-refractivity contribution in [2.75, 3.05) is 25.0 Å². The van der Waals surface area contributed by atoms with E-state index in [-0.39, 0.29) is 18.0 Å². The zero-order valence-electron chi connectivity index (χ0n) is 21.4. The summed E-state index contributed by atoms with van der Waals surface area (Å²) in [7, 11) is 1.85. The van der Waals surface area contributed by atoms with E-state index in [1.165, 1.54) is 18.6 Å². The highest BCUT2D eigenvalue weighted by Crippen LogP contribution is 2.31. The molecule has 1 aliphatic rings. The molecule has 0 atom stereocenters. The van der Waals surface area contributed by atoms with Crippen LogP contribution in [0.4, 0.5) is 14.5 Å². The van der Waals surface area contributed by atoms with Gasteiger partial charge in [0.1, 0.15) is 23.5 Å². The first-order chi connectivity index (χ1) is 18.9. The van der Waals surface area contributed by atoms with E-state index >= 15 is 0 Å². The minimum Gasteiger partial charge on any atom is -0.325 e. The van der Waals surface area contributed by atoms with Gasteiger partial charge in [0.25, 0.3) is 0 Å². The number of aromatic nitrogens is 5. The maximum absolute atomic E-state index is 14.8. The Kier molecular flexibility index (Phi) is 6.62. The number of carbonyl (C=O) groups excluding carboxylic acids is 1. The van der Waals surface area contributed by atoms with Crippen molar-refractivity contribution in [1.29, 1.82) is 0 Å². The normalized spacial score (nSPS) is 14.1. The Bertz CT molecular complexity index is 1670. The van der Waals surface area contributed by atoms with Crippen molar-refractivity contribution in [3.05, 3.63) is 79.0 Å². The van der Waals surface area contributed by atoms with Gasteiger partial charge in [0.05, 0.1) is 18.4 Å². The molecule has 198 valence electrons. The van der Waals surface area contributed by atoms with Crippen LogP contribution in [0.5, 0.6) is 0 Å². The van der Waals surface area contributed by atoms with E-state index in [0.717, 1.165) is 43.1 Å². The highest BCUT2D eigenvalue weighted by molar-refractivity contribution is 5.93. The van der Waals surface area contributed by atoms with Gasteiger partial charge < -0.3 is 5.32 Å². The molecule has 0 radical (unpaired) electrons. The molecular weight excluding hydrogens is 500 g/mol. The smallest absolute Gasteiger partial charge is 0.238 e. The topological polar surface area (TPSA) is 80.9 Å². The summed E-state index contributed by atoms with van der Waals surface area (Å²) in [6.07, 6.45) is 10.4. The molecule has 0 aliphatic carbocycles. The number of likely N-dealkylation sites (tertiary alicyclic amines) is 1. The van der Waals surface area contributed by atoms with Crippen LogP contribution in [0.1, 0.15) is 19.3 Å². The molecule has 2 aromatic carbocycles. The molecule has 4 heterocycles. The number of piperidine rings is 1. The van der Waals surface area contributed by atoms with Gasteiger partial charge in [-0.05, 0) is 67.9 Å². The fourth-order valence-electron chi connectivity index (χ4n) is 5.04. The third-order valence-corrected chi connectivity index (χ3v) is 6.96. The second-order valence-corrected chi connectivity index (χ2v) is 9.86. The van der Waals surface area contributed by atoms with E-state index in [1.54, 1.807) is 46.2 Å². The molecule has 6 rings (SSSR count). The van der Waals surface area contributed by atoms with E-state index in [0.29, 0.717) is 28.1 Å². The minimum atomic E-state index is -0.688. The second-order valence-electron chi connectivity index (χ2n) is 9.86. The lowest BCUT2D eigenvalue weighted by atomic mass is 10.0. The predicted octanol–water partition coefficient (Wildman–Crippen LogP) is 5.19. The third-order valence-electron chi connectivity index (χ3n) is 6.96. The molecule has 5 aromatic rings. The first kappa shape index (κ1) is 24.9. The second kappa shape index (κ2) is 10.4. The fraction of sp³-hybridized carbons (Fsp3) is 0.241. The highest BCUT2D eigenvalue weighted by Gasteiger charge is 2.17. The van der Waals surface area contributed by atoms with Gasteiger partial charge in [0.2, 0.25) is 5.91 Å². The van der Waals surface area contributed by atoms with Crippen LogP contribution in [0, 0.1) is 11.6 Å². The number of imidazole rings is 1. The number of nitrogens with zero attached hydrogens (tertiary/aromatic N) is 6. The number of halogens is 2. The molecule has 10 heteroatoms. The molecule has 1 fully saturated rings. The number of amides is 1. The minimum absolute atomic E-state index is 0.144. The molecule has 1 aliphatic heterocycles. The van der Waals surface area contributed by atoms with E-state index in [4.69, 9.17) is 0 Å². The monoisotopic (exact) mass is 527 g/mol. The standard InChI is InChI=1S/C29H27F2N7O/c1-36-16-21(15-34-36)20-11-27-29(32-14-20)38(18-33-27)24-10-19(25-6-5-22(30)12-26(25)31)9-23(13-24)35-28(39)17-37-7-3-2-4-8-37/h5-6,9-16,18H,2-4,7-8,17H2,1H3,(H,35,39). The van der Waals surface area contributed by atoms with E-state index in [1.807, 2.05) is 19.3 Å². The number of nitrogens with one attached hydrogen (secondary N) is 1. The Labute approximate surface area is 223 Å². The average Bonchev–Trinajstić information content (AvgIpc) is 3.55. The molecule has 8 nitrogen and oxygen atoms in total. The molecule has 1 N–H and O–H groups in total. The summed E-state index contributed by atoms with van der Waals surface area (Å²) < 4.78 is 32.0. The Balaban J connectivity index is 1.38. The first-order valence-electron chi connectivity index (χ1n) is 12.9. The number of fused-ring (bicyclic) bond motifs is 1. The number of pyridine rings is 1. The Hall–Kier alpha value is -4.44. The van der Waals surface area contributed by atoms with Crippen LogP contribution in [-0.4, -0.2) is 54.8 Å². The number of hydrogen-bond donors (Lipinski definition) is 1. The van der Waals surface area contributed by atoms with Gasteiger partial charge in [0.15, 0.2) is 5.65 Å². The Morgan fingerprint density at radius 1 is 0.949 bits per heavy atom. The lowest BCUT2D eigenvalue weighted by Gasteiger charge is -2.25. The summed E-state index contributed by atoms with van der Waals surface area (Å²) in [6, 6.07) is 10.7. The van der Waals surface area contributed by atoms with Crippen molar-refractivity contribution in [2.45, 2.75) is 19.3 Å². The number of carbonyl (C=O) groups is 1. The predicted molar refractivity (Wildman–Crippen MR) is 145 cm³/mol. The average molecular weight is 528 g/mol. The van der Waals surface area contributed by atoms with Crippen LogP contribution in [0.2, 0.25) is 0 Å². The van der Waals surface area contributed by atoms with Crippen molar-refractivity contribution in [1.82, 2.24) is 29.2 Å². The fourth-order valence-corrected chi connectivity index (χ4v) is 5.04.